The van der Waals surface area contributed by atoms with E-state index in [1.165, 1.54) is 11.1 Å². The van der Waals surface area contributed by atoms with Crippen molar-refractivity contribution in [2.45, 2.75) is 52.2 Å². The molecule has 2 nitrogen and oxygen atoms in total. The molecule has 1 aromatic rings. The third-order valence-electron chi connectivity index (χ3n) is 3.60. The molecule has 1 rings (SSSR count). The lowest BCUT2D eigenvalue weighted by atomic mass is 9.84. The van der Waals surface area contributed by atoms with Gasteiger partial charge in [-0.1, -0.05) is 43.7 Å². The minimum absolute atomic E-state index is 0.0580. The van der Waals surface area contributed by atoms with Crippen LogP contribution in [0.25, 0.3) is 0 Å². The Morgan fingerprint density at radius 1 is 1.24 bits per heavy atom. The van der Waals surface area contributed by atoms with Crippen molar-refractivity contribution in [3.63, 3.8) is 0 Å². The van der Waals surface area contributed by atoms with E-state index in [4.69, 9.17) is 10.5 Å². The van der Waals surface area contributed by atoms with Crippen molar-refractivity contribution in [1.82, 2.24) is 0 Å². The monoisotopic (exact) mass is 235 g/mol. The molecule has 0 saturated carbocycles. The maximum Gasteiger partial charge on any atom is 0.0868 e. The maximum absolute atomic E-state index is 6.43. The second kappa shape index (κ2) is 6.18. The molecule has 0 aliphatic rings. The molecule has 0 bridgehead atoms. The summed E-state index contributed by atoms with van der Waals surface area (Å²) in [6, 6.07) is 8.35. The van der Waals surface area contributed by atoms with Crippen molar-refractivity contribution < 1.29 is 4.74 Å². The van der Waals surface area contributed by atoms with Crippen LogP contribution in [0, 0.1) is 6.92 Å². The summed E-state index contributed by atoms with van der Waals surface area (Å²) >= 11 is 0. The standard InChI is InChI=1S/C15H25NO/c1-5-15(6-2,17-7-3)14(16)13-10-8-9-12(4)11-13/h8-11,14H,5-7,16H2,1-4H3. The van der Waals surface area contributed by atoms with Crippen LogP contribution in [-0.2, 0) is 4.74 Å². The number of benzene rings is 1. The molecule has 0 aromatic heterocycles. The Balaban J connectivity index is 3.02. The first-order chi connectivity index (χ1) is 8.09. The highest BCUT2D eigenvalue weighted by Crippen LogP contribution is 2.33. The third kappa shape index (κ3) is 3.08. The molecule has 2 heteroatoms. The van der Waals surface area contributed by atoms with Gasteiger partial charge >= 0.3 is 0 Å². The predicted octanol–water partition coefficient (Wildman–Crippen LogP) is 3.59. The van der Waals surface area contributed by atoms with E-state index >= 15 is 0 Å². The van der Waals surface area contributed by atoms with E-state index in [0.717, 1.165) is 12.8 Å². The number of nitrogens with two attached hydrogens (primary N) is 1. The van der Waals surface area contributed by atoms with Crippen LogP contribution < -0.4 is 5.73 Å². The number of ether oxygens (including phenoxy) is 1. The van der Waals surface area contributed by atoms with E-state index in [0.29, 0.717) is 6.61 Å². The summed E-state index contributed by atoms with van der Waals surface area (Å²) in [7, 11) is 0. The maximum atomic E-state index is 6.43. The van der Waals surface area contributed by atoms with Crippen LogP contribution in [0.4, 0.5) is 0 Å². The highest BCUT2D eigenvalue weighted by Gasteiger charge is 2.34. The zero-order chi connectivity index (χ0) is 12.9. The first-order valence-electron chi connectivity index (χ1n) is 6.55. The van der Waals surface area contributed by atoms with Crippen molar-refractivity contribution in [3.05, 3.63) is 35.4 Å². The van der Waals surface area contributed by atoms with Gasteiger partial charge in [0.05, 0.1) is 11.6 Å². The summed E-state index contributed by atoms with van der Waals surface area (Å²) in [6.07, 6.45) is 1.87. The van der Waals surface area contributed by atoms with Crippen LogP contribution in [0.15, 0.2) is 24.3 Å². The third-order valence-corrected chi connectivity index (χ3v) is 3.60. The average molecular weight is 235 g/mol. The molecule has 17 heavy (non-hydrogen) atoms. The molecule has 1 unspecified atom stereocenters. The van der Waals surface area contributed by atoms with E-state index in [1.54, 1.807) is 0 Å². The summed E-state index contributed by atoms with van der Waals surface area (Å²) in [6.45, 7) is 9.13. The number of rotatable bonds is 6. The largest absolute Gasteiger partial charge is 0.373 e. The lowest BCUT2D eigenvalue weighted by molar-refractivity contribution is -0.0645. The fraction of sp³-hybridized carbons (Fsp3) is 0.600. The van der Waals surface area contributed by atoms with Crippen LogP contribution in [0.1, 0.15) is 50.8 Å². The van der Waals surface area contributed by atoms with Crippen molar-refractivity contribution in [3.8, 4) is 0 Å². The molecule has 0 aliphatic heterocycles. The van der Waals surface area contributed by atoms with Gasteiger partial charge in [0.1, 0.15) is 0 Å². The highest BCUT2D eigenvalue weighted by molar-refractivity contribution is 5.27. The molecule has 0 aliphatic carbocycles. The van der Waals surface area contributed by atoms with Crippen molar-refractivity contribution in [2.24, 2.45) is 5.73 Å². The molecule has 0 amide bonds. The number of hydrogen-bond donors (Lipinski definition) is 1. The topological polar surface area (TPSA) is 35.2 Å². The van der Waals surface area contributed by atoms with Gasteiger partial charge in [-0.3, -0.25) is 0 Å². The summed E-state index contributed by atoms with van der Waals surface area (Å²) in [5.41, 5.74) is 8.61. The zero-order valence-electron chi connectivity index (χ0n) is 11.5. The van der Waals surface area contributed by atoms with E-state index in [1.807, 2.05) is 6.92 Å². The summed E-state index contributed by atoms with van der Waals surface area (Å²) in [4.78, 5) is 0. The first kappa shape index (κ1) is 14.2. The Hall–Kier alpha value is -0.860. The number of hydrogen-bond acceptors (Lipinski definition) is 2. The van der Waals surface area contributed by atoms with Crippen molar-refractivity contribution in [2.75, 3.05) is 6.61 Å². The van der Waals surface area contributed by atoms with Gasteiger partial charge < -0.3 is 10.5 Å². The molecule has 96 valence electrons. The second-order valence-electron chi connectivity index (χ2n) is 4.60. The highest BCUT2D eigenvalue weighted by atomic mass is 16.5. The van der Waals surface area contributed by atoms with Crippen molar-refractivity contribution >= 4 is 0 Å². The van der Waals surface area contributed by atoms with Crippen LogP contribution in [-0.4, -0.2) is 12.2 Å². The molecule has 0 saturated heterocycles. The SMILES string of the molecule is CCOC(CC)(CC)C(N)c1cccc(C)c1. The molecular weight excluding hydrogens is 210 g/mol. The van der Waals surface area contributed by atoms with Crippen LogP contribution in [0.5, 0.6) is 0 Å². The smallest absolute Gasteiger partial charge is 0.0868 e. The fourth-order valence-electron chi connectivity index (χ4n) is 2.44. The Morgan fingerprint density at radius 2 is 1.88 bits per heavy atom. The fourth-order valence-corrected chi connectivity index (χ4v) is 2.44. The lowest BCUT2D eigenvalue weighted by Gasteiger charge is -2.37. The Morgan fingerprint density at radius 3 is 2.35 bits per heavy atom. The quantitative estimate of drug-likeness (QED) is 0.817. The minimum atomic E-state index is -0.234. The Labute approximate surface area is 105 Å². The van der Waals surface area contributed by atoms with Gasteiger partial charge in [-0.05, 0) is 32.3 Å². The summed E-state index contributed by atoms with van der Waals surface area (Å²) < 4.78 is 5.96. The molecule has 1 atom stereocenters. The molecule has 1 aromatic carbocycles. The molecule has 0 heterocycles. The second-order valence-corrected chi connectivity index (χ2v) is 4.60. The Kier molecular flexibility index (Phi) is 5.16. The van der Waals surface area contributed by atoms with Gasteiger partial charge in [-0.25, -0.2) is 0 Å². The Bertz CT molecular complexity index is 345. The average Bonchev–Trinajstić information content (AvgIpc) is 2.35. The van der Waals surface area contributed by atoms with Crippen LogP contribution >= 0.6 is 0 Å². The van der Waals surface area contributed by atoms with E-state index < -0.39 is 0 Å². The van der Waals surface area contributed by atoms with Gasteiger partial charge in [0.25, 0.3) is 0 Å². The zero-order valence-corrected chi connectivity index (χ0v) is 11.5. The van der Waals surface area contributed by atoms with Gasteiger partial charge in [0, 0.05) is 6.61 Å². The molecule has 0 radical (unpaired) electrons. The molecule has 2 N–H and O–H groups in total. The normalized spacial score (nSPS) is 13.7. The molecule has 0 fully saturated rings. The van der Waals surface area contributed by atoms with E-state index in [-0.39, 0.29) is 11.6 Å². The summed E-state index contributed by atoms with van der Waals surface area (Å²) in [5.74, 6) is 0. The van der Waals surface area contributed by atoms with Gasteiger partial charge in [0.15, 0.2) is 0 Å². The molecule has 0 spiro atoms. The lowest BCUT2D eigenvalue weighted by Crippen LogP contribution is -2.43. The first-order valence-corrected chi connectivity index (χ1v) is 6.55. The van der Waals surface area contributed by atoms with Gasteiger partial charge in [-0.2, -0.15) is 0 Å². The predicted molar refractivity (Wildman–Crippen MR) is 73.0 cm³/mol. The van der Waals surface area contributed by atoms with Crippen LogP contribution in [0.3, 0.4) is 0 Å². The summed E-state index contributed by atoms with van der Waals surface area (Å²) in [5, 5.41) is 0. The van der Waals surface area contributed by atoms with Gasteiger partial charge in [-0.15, -0.1) is 0 Å². The van der Waals surface area contributed by atoms with E-state index in [2.05, 4.69) is 45.0 Å². The van der Waals surface area contributed by atoms with Crippen LogP contribution in [0.2, 0.25) is 0 Å². The minimum Gasteiger partial charge on any atom is -0.373 e. The molecular formula is C15H25NO. The van der Waals surface area contributed by atoms with Crippen molar-refractivity contribution in [1.29, 1.82) is 0 Å². The van der Waals surface area contributed by atoms with Gasteiger partial charge in [0.2, 0.25) is 0 Å². The van der Waals surface area contributed by atoms with E-state index in [9.17, 15) is 0 Å². The number of aryl methyl sites for hydroxylation is 1.